The predicted octanol–water partition coefficient (Wildman–Crippen LogP) is 5.68. The first kappa shape index (κ1) is 29.1. The zero-order chi connectivity index (χ0) is 28.5. The number of rotatable bonds is 9. The van der Waals surface area contributed by atoms with Crippen molar-refractivity contribution in [2.45, 2.75) is 12.8 Å². The number of carbonyl (C=O) groups excluding carboxylic acids is 2. The smallest absolute Gasteiger partial charge is 0.261 e. The van der Waals surface area contributed by atoms with Crippen LogP contribution in [0.2, 0.25) is 10.0 Å². The molecule has 13 heteroatoms. The van der Waals surface area contributed by atoms with Gasteiger partial charge >= 0.3 is 0 Å². The van der Waals surface area contributed by atoms with E-state index < -0.39 is 0 Å². The zero-order valence-electron chi connectivity index (χ0n) is 20.9. The standard InChI is InChI=1S/C27H23Cl2N7O2S2/c28-17-7-11-19(12-8-17)31-26(39)34-30-16-21(33-35-27(40)32-20-13-9-18(29)10-14-20)4-3-15-36-24(37)22-5-1-2-6-23(22)25(36)38/h1-2,5-14,16H,3-4,15H2,(H2,31,34,39)(H2,32,35,40)/b30-16+,33-21+. The maximum Gasteiger partial charge on any atom is 0.261 e. The van der Waals surface area contributed by atoms with Crippen LogP contribution in [0.4, 0.5) is 11.4 Å². The van der Waals surface area contributed by atoms with Crippen LogP contribution in [-0.4, -0.2) is 45.4 Å². The number of hydrazone groups is 2. The summed E-state index contributed by atoms with van der Waals surface area (Å²) in [4.78, 5) is 26.6. The fourth-order valence-electron chi connectivity index (χ4n) is 3.68. The lowest BCUT2D eigenvalue weighted by molar-refractivity contribution is 0.0653. The largest absolute Gasteiger partial charge is 0.331 e. The highest BCUT2D eigenvalue weighted by Crippen LogP contribution is 2.22. The highest BCUT2D eigenvalue weighted by molar-refractivity contribution is 7.80. The Morgan fingerprint density at radius 1 is 0.775 bits per heavy atom. The Balaban J connectivity index is 1.37. The van der Waals surface area contributed by atoms with Gasteiger partial charge in [0, 0.05) is 28.0 Å². The topological polar surface area (TPSA) is 110 Å². The molecule has 1 heterocycles. The molecule has 0 spiro atoms. The van der Waals surface area contributed by atoms with Gasteiger partial charge in [-0.3, -0.25) is 25.3 Å². The average molecular weight is 613 g/mol. The number of anilines is 2. The number of halogens is 2. The molecule has 0 saturated carbocycles. The number of carbonyl (C=O) groups is 2. The van der Waals surface area contributed by atoms with Crippen molar-refractivity contribution in [1.82, 2.24) is 15.8 Å². The van der Waals surface area contributed by atoms with Crippen molar-refractivity contribution in [3.05, 3.63) is 94.0 Å². The molecule has 0 fully saturated rings. The van der Waals surface area contributed by atoms with E-state index >= 15 is 0 Å². The second kappa shape index (κ2) is 13.9. The Morgan fingerprint density at radius 2 is 1.27 bits per heavy atom. The van der Waals surface area contributed by atoms with Crippen LogP contribution in [0.5, 0.6) is 0 Å². The van der Waals surface area contributed by atoms with E-state index in [-0.39, 0.29) is 28.6 Å². The Bertz CT molecular complexity index is 1440. The van der Waals surface area contributed by atoms with Crippen LogP contribution in [-0.2, 0) is 0 Å². The number of benzene rings is 3. The summed E-state index contributed by atoms with van der Waals surface area (Å²) in [6.07, 6.45) is 2.31. The lowest BCUT2D eigenvalue weighted by Gasteiger charge is -2.13. The molecule has 0 atom stereocenters. The van der Waals surface area contributed by atoms with Gasteiger partial charge in [0.15, 0.2) is 10.2 Å². The third kappa shape index (κ3) is 8.06. The van der Waals surface area contributed by atoms with Crippen molar-refractivity contribution in [2.24, 2.45) is 10.2 Å². The van der Waals surface area contributed by atoms with Gasteiger partial charge in [-0.15, -0.1) is 0 Å². The van der Waals surface area contributed by atoms with Crippen LogP contribution in [0.15, 0.2) is 83.0 Å². The first-order valence-electron chi connectivity index (χ1n) is 12.0. The number of nitrogens with one attached hydrogen (secondary N) is 4. The Labute approximate surface area is 251 Å². The van der Waals surface area contributed by atoms with Gasteiger partial charge in [0.1, 0.15) is 0 Å². The molecule has 3 aromatic rings. The van der Waals surface area contributed by atoms with E-state index in [4.69, 9.17) is 47.6 Å². The number of hydrogen-bond donors (Lipinski definition) is 4. The Hall–Kier alpha value is -3.90. The lowest BCUT2D eigenvalue weighted by atomic mass is 10.1. The number of imide groups is 1. The highest BCUT2D eigenvalue weighted by atomic mass is 35.5. The van der Waals surface area contributed by atoms with Crippen molar-refractivity contribution in [3.63, 3.8) is 0 Å². The monoisotopic (exact) mass is 611 g/mol. The molecule has 1 aliphatic rings. The van der Waals surface area contributed by atoms with E-state index in [1.807, 2.05) is 0 Å². The first-order chi connectivity index (χ1) is 19.3. The molecule has 3 aromatic carbocycles. The van der Waals surface area contributed by atoms with E-state index in [9.17, 15) is 9.59 Å². The molecule has 2 amide bonds. The molecule has 204 valence electrons. The number of nitrogens with zero attached hydrogens (tertiary/aromatic N) is 3. The summed E-state index contributed by atoms with van der Waals surface area (Å²) in [6.45, 7) is 0.219. The molecule has 4 rings (SSSR count). The minimum Gasteiger partial charge on any atom is -0.331 e. The van der Waals surface area contributed by atoms with Crippen molar-refractivity contribution in [1.29, 1.82) is 0 Å². The van der Waals surface area contributed by atoms with Gasteiger partial charge in [0.25, 0.3) is 11.8 Å². The molecular formula is C27H23Cl2N7O2S2. The molecule has 0 aliphatic carbocycles. The van der Waals surface area contributed by atoms with Gasteiger partial charge in [-0.2, -0.15) is 10.2 Å². The van der Waals surface area contributed by atoms with Gasteiger partial charge in [0.05, 0.1) is 23.1 Å². The summed E-state index contributed by atoms with van der Waals surface area (Å²) in [5.41, 5.74) is 8.32. The van der Waals surface area contributed by atoms with Gasteiger partial charge < -0.3 is 10.6 Å². The van der Waals surface area contributed by atoms with Crippen molar-refractivity contribution >= 4 is 93.0 Å². The van der Waals surface area contributed by atoms with E-state index in [2.05, 4.69) is 31.7 Å². The quantitative estimate of drug-likeness (QED) is 0.106. The highest BCUT2D eigenvalue weighted by Gasteiger charge is 2.34. The SMILES string of the molecule is O=C1c2ccccc2C(=O)N1CCCC(/C=N/NC(=S)Nc1ccc(Cl)cc1)=N\NC(=S)Nc1ccc(Cl)cc1. The average Bonchev–Trinajstić information content (AvgIpc) is 3.19. The minimum absolute atomic E-state index is 0.219. The summed E-state index contributed by atoms with van der Waals surface area (Å²) in [7, 11) is 0. The van der Waals surface area contributed by atoms with Gasteiger partial charge in [-0.1, -0.05) is 35.3 Å². The third-order valence-corrected chi connectivity index (χ3v) is 6.47. The molecule has 9 nitrogen and oxygen atoms in total. The van der Waals surface area contributed by atoms with E-state index in [0.717, 1.165) is 11.4 Å². The maximum absolute atomic E-state index is 12.7. The van der Waals surface area contributed by atoms with Gasteiger partial charge in [0.2, 0.25) is 0 Å². The zero-order valence-corrected chi connectivity index (χ0v) is 24.0. The second-order valence-corrected chi connectivity index (χ2v) is 10.1. The molecular weight excluding hydrogens is 589 g/mol. The number of thiocarbonyl (C=S) groups is 2. The third-order valence-electron chi connectivity index (χ3n) is 5.58. The Kier molecular flexibility index (Phi) is 10.1. The number of amides is 2. The Morgan fingerprint density at radius 3 is 1.80 bits per heavy atom. The van der Waals surface area contributed by atoms with Gasteiger partial charge in [-0.05, 0) is 97.9 Å². The second-order valence-electron chi connectivity index (χ2n) is 8.42. The van der Waals surface area contributed by atoms with Crippen LogP contribution in [0.1, 0.15) is 33.6 Å². The van der Waals surface area contributed by atoms with Gasteiger partial charge in [-0.25, -0.2) is 0 Å². The van der Waals surface area contributed by atoms with Crippen LogP contribution < -0.4 is 21.5 Å². The lowest BCUT2D eigenvalue weighted by Crippen LogP contribution is -2.31. The van der Waals surface area contributed by atoms with Crippen molar-refractivity contribution in [3.8, 4) is 0 Å². The molecule has 0 aromatic heterocycles. The minimum atomic E-state index is -0.306. The van der Waals surface area contributed by atoms with Crippen molar-refractivity contribution in [2.75, 3.05) is 17.2 Å². The number of hydrogen-bond acceptors (Lipinski definition) is 6. The molecule has 0 saturated heterocycles. The van der Waals surface area contributed by atoms with E-state index in [1.54, 1.807) is 72.8 Å². The summed E-state index contributed by atoms with van der Waals surface area (Å²) < 4.78 is 0. The van der Waals surface area contributed by atoms with Crippen molar-refractivity contribution < 1.29 is 9.59 Å². The molecule has 0 radical (unpaired) electrons. The molecule has 40 heavy (non-hydrogen) atoms. The van der Waals surface area contributed by atoms with E-state index in [1.165, 1.54) is 11.1 Å². The summed E-state index contributed by atoms with van der Waals surface area (Å²) >= 11 is 22.5. The van der Waals surface area contributed by atoms with Crippen LogP contribution in [0, 0.1) is 0 Å². The van der Waals surface area contributed by atoms with E-state index in [0.29, 0.717) is 39.7 Å². The van der Waals surface area contributed by atoms with Crippen LogP contribution >= 0.6 is 47.6 Å². The number of fused-ring (bicyclic) bond motifs is 1. The molecule has 1 aliphatic heterocycles. The summed E-state index contributed by atoms with van der Waals surface area (Å²) in [6, 6.07) is 20.9. The first-order valence-corrected chi connectivity index (χ1v) is 13.6. The fourth-order valence-corrected chi connectivity index (χ4v) is 4.27. The molecule has 0 unspecified atom stereocenters. The summed E-state index contributed by atoms with van der Waals surface area (Å²) in [5, 5.41) is 16.3. The molecule has 4 N–H and O–H groups in total. The van der Waals surface area contributed by atoms with Crippen LogP contribution in [0.3, 0.4) is 0 Å². The maximum atomic E-state index is 12.7. The fraction of sp³-hybridized carbons (Fsp3) is 0.111. The normalized spacial score (nSPS) is 12.8. The summed E-state index contributed by atoms with van der Waals surface area (Å²) in [5.74, 6) is -0.612. The predicted molar refractivity (Wildman–Crippen MR) is 169 cm³/mol. The molecule has 0 bridgehead atoms. The van der Waals surface area contributed by atoms with Crippen LogP contribution in [0.25, 0.3) is 0 Å².